The van der Waals surface area contributed by atoms with Gasteiger partial charge >= 0.3 is 0 Å². The minimum absolute atomic E-state index is 0.0141. The average molecular weight is 218 g/mol. The van der Waals surface area contributed by atoms with E-state index in [2.05, 4.69) is 0 Å². The lowest BCUT2D eigenvalue weighted by molar-refractivity contribution is -0.154. The minimum Gasteiger partial charge on any atom is -0.360 e. The minimum atomic E-state index is -0.729. The molecule has 0 radical (unpaired) electrons. The lowest BCUT2D eigenvalue weighted by Gasteiger charge is -2.52. The summed E-state index contributed by atoms with van der Waals surface area (Å²) < 4.78 is 5.49. The van der Waals surface area contributed by atoms with Crippen LogP contribution in [0.3, 0.4) is 0 Å². The van der Waals surface area contributed by atoms with Crippen LogP contribution in [0.25, 0.3) is 0 Å². The molecule has 84 valence electrons. The van der Waals surface area contributed by atoms with Gasteiger partial charge in [0.2, 0.25) is 0 Å². The first kappa shape index (κ1) is 9.11. The summed E-state index contributed by atoms with van der Waals surface area (Å²) in [7, 11) is 0. The van der Waals surface area contributed by atoms with Gasteiger partial charge in [0.05, 0.1) is 12.0 Å². The molecule has 2 spiro atoms. The third kappa shape index (κ3) is 0.726. The monoisotopic (exact) mass is 218 g/mol. The fourth-order valence-corrected chi connectivity index (χ4v) is 4.20. The van der Waals surface area contributed by atoms with Crippen molar-refractivity contribution in [3.8, 4) is 0 Å². The van der Waals surface area contributed by atoms with Crippen LogP contribution in [0.2, 0.25) is 0 Å². The van der Waals surface area contributed by atoms with E-state index < -0.39 is 11.0 Å². The first-order valence-corrected chi connectivity index (χ1v) is 6.12. The number of epoxide rings is 1. The van der Waals surface area contributed by atoms with E-state index in [1.54, 1.807) is 0 Å². The second kappa shape index (κ2) is 2.48. The summed E-state index contributed by atoms with van der Waals surface area (Å²) in [4.78, 5) is 24.6. The first-order chi connectivity index (χ1) is 7.71. The Morgan fingerprint density at radius 2 is 2.19 bits per heavy atom. The SMILES string of the molecule is O=C1[C@H]2C=C[C@@]3(C(=O)CCC[C@@H]3C2)C12CO2. The highest BCUT2D eigenvalue weighted by atomic mass is 16.6. The lowest BCUT2D eigenvalue weighted by atomic mass is 9.48. The van der Waals surface area contributed by atoms with Gasteiger partial charge in [0.25, 0.3) is 0 Å². The molecule has 2 saturated carbocycles. The normalized spacial score (nSPS) is 53.2. The molecule has 1 unspecified atom stereocenters. The Labute approximate surface area is 93.8 Å². The van der Waals surface area contributed by atoms with Crippen LogP contribution in [0.5, 0.6) is 0 Å². The molecule has 3 nitrogen and oxygen atoms in total. The Morgan fingerprint density at radius 3 is 2.94 bits per heavy atom. The van der Waals surface area contributed by atoms with Gasteiger partial charge in [-0.1, -0.05) is 12.2 Å². The number of carbonyl (C=O) groups is 2. The molecule has 1 saturated heterocycles. The maximum absolute atomic E-state index is 12.3. The summed E-state index contributed by atoms with van der Waals surface area (Å²) in [5.41, 5.74) is -1.30. The molecule has 3 heteroatoms. The van der Waals surface area contributed by atoms with Crippen molar-refractivity contribution in [2.24, 2.45) is 17.3 Å². The molecule has 3 fully saturated rings. The fourth-order valence-electron chi connectivity index (χ4n) is 4.20. The molecule has 1 aliphatic heterocycles. The molecule has 4 atom stereocenters. The van der Waals surface area contributed by atoms with Crippen LogP contribution in [0.1, 0.15) is 25.7 Å². The summed E-state index contributed by atoms with van der Waals surface area (Å²) in [6.07, 6.45) is 7.51. The van der Waals surface area contributed by atoms with E-state index >= 15 is 0 Å². The number of Topliss-reactive ketones (excluding diaryl/α,β-unsaturated/α-hetero) is 2. The van der Waals surface area contributed by atoms with Crippen molar-refractivity contribution in [1.29, 1.82) is 0 Å². The Morgan fingerprint density at radius 1 is 1.38 bits per heavy atom. The zero-order valence-corrected chi connectivity index (χ0v) is 9.07. The van der Waals surface area contributed by atoms with Crippen LogP contribution in [0.4, 0.5) is 0 Å². The van der Waals surface area contributed by atoms with Crippen molar-refractivity contribution >= 4 is 11.6 Å². The molecule has 4 aliphatic carbocycles. The van der Waals surface area contributed by atoms with Gasteiger partial charge in [0.15, 0.2) is 11.4 Å². The fraction of sp³-hybridized carbons (Fsp3) is 0.692. The van der Waals surface area contributed by atoms with Gasteiger partial charge < -0.3 is 4.74 Å². The van der Waals surface area contributed by atoms with Crippen LogP contribution >= 0.6 is 0 Å². The van der Waals surface area contributed by atoms with Gasteiger partial charge in [-0.3, -0.25) is 9.59 Å². The van der Waals surface area contributed by atoms with Crippen molar-refractivity contribution in [2.75, 3.05) is 6.61 Å². The summed E-state index contributed by atoms with van der Waals surface area (Å²) in [5, 5.41) is 0. The lowest BCUT2D eigenvalue weighted by Crippen LogP contribution is -2.62. The van der Waals surface area contributed by atoms with Crippen LogP contribution in [-0.4, -0.2) is 23.8 Å². The zero-order chi connectivity index (χ0) is 11.0. The van der Waals surface area contributed by atoms with E-state index in [1.165, 1.54) is 0 Å². The first-order valence-electron chi connectivity index (χ1n) is 6.12. The molecule has 1 heterocycles. The molecule has 0 aromatic heterocycles. The van der Waals surface area contributed by atoms with Gasteiger partial charge in [0.1, 0.15) is 5.78 Å². The molecule has 2 bridgehead atoms. The predicted molar refractivity (Wildman–Crippen MR) is 55.7 cm³/mol. The Kier molecular flexibility index (Phi) is 1.41. The third-order valence-corrected chi connectivity index (χ3v) is 5.03. The smallest absolute Gasteiger partial charge is 0.175 e. The Hall–Kier alpha value is -0.960. The van der Waals surface area contributed by atoms with E-state index in [0.717, 1.165) is 19.3 Å². The molecule has 0 N–H and O–H groups in total. The molecule has 16 heavy (non-hydrogen) atoms. The molecular formula is C13H14O3. The molecule has 5 aliphatic rings. The second-order valence-corrected chi connectivity index (χ2v) is 5.56. The van der Waals surface area contributed by atoms with E-state index in [9.17, 15) is 9.59 Å². The van der Waals surface area contributed by atoms with E-state index in [1.807, 2.05) is 12.2 Å². The number of allylic oxidation sites excluding steroid dienone is 1. The number of hydrogen-bond donors (Lipinski definition) is 0. The standard InChI is InChI=1S/C13H14O3/c14-10-3-1-2-9-6-8-4-5-12(9,10)13(7-16-13)11(8)15/h4-5,8-9H,1-3,6-7H2/t8-,9+,12+,13?/m0/s1. The Balaban J connectivity index is 1.96. The van der Waals surface area contributed by atoms with Gasteiger partial charge in [-0.2, -0.15) is 0 Å². The van der Waals surface area contributed by atoms with Crippen LogP contribution in [0.15, 0.2) is 12.2 Å². The van der Waals surface area contributed by atoms with Crippen LogP contribution in [0, 0.1) is 17.3 Å². The summed E-state index contributed by atoms with van der Waals surface area (Å²) in [6, 6.07) is 0. The van der Waals surface area contributed by atoms with Gasteiger partial charge in [-0.15, -0.1) is 0 Å². The predicted octanol–water partition coefficient (Wildman–Crippen LogP) is 1.27. The number of carbonyl (C=O) groups excluding carboxylic acids is 2. The molecule has 0 amide bonds. The van der Waals surface area contributed by atoms with Gasteiger partial charge in [0, 0.05) is 12.3 Å². The topological polar surface area (TPSA) is 46.7 Å². The van der Waals surface area contributed by atoms with Crippen LogP contribution < -0.4 is 0 Å². The Bertz CT molecular complexity index is 432. The van der Waals surface area contributed by atoms with Crippen molar-refractivity contribution in [3.05, 3.63) is 12.2 Å². The number of ether oxygens (including phenoxy) is 1. The quantitative estimate of drug-likeness (QED) is 0.454. The van der Waals surface area contributed by atoms with Crippen molar-refractivity contribution in [1.82, 2.24) is 0 Å². The van der Waals surface area contributed by atoms with Crippen molar-refractivity contribution < 1.29 is 14.3 Å². The molecular weight excluding hydrogens is 204 g/mol. The zero-order valence-electron chi connectivity index (χ0n) is 9.07. The number of hydrogen-bond acceptors (Lipinski definition) is 3. The molecule has 0 aromatic carbocycles. The highest BCUT2D eigenvalue weighted by Crippen LogP contribution is 2.63. The third-order valence-electron chi connectivity index (χ3n) is 5.03. The summed E-state index contributed by atoms with van der Waals surface area (Å²) >= 11 is 0. The second-order valence-electron chi connectivity index (χ2n) is 5.56. The molecule has 0 aromatic rings. The molecule has 5 rings (SSSR count). The van der Waals surface area contributed by atoms with Gasteiger partial charge in [-0.05, 0) is 25.2 Å². The van der Waals surface area contributed by atoms with Crippen LogP contribution in [-0.2, 0) is 14.3 Å². The van der Waals surface area contributed by atoms with E-state index in [-0.39, 0.29) is 17.5 Å². The highest BCUT2D eigenvalue weighted by Gasteiger charge is 2.75. The highest BCUT2D eigenvalue weighted by molar-refractivity contribution is 6.05. The van der Waals surface area contributed by atoms with Crippen molar-refractivity contribution in [3.63, 3.8) is 0 Å². The maximum Gasteiger partial charge on any atom is 0.175 e. The van der Waals surface area contributed by atoms with Gasteiger partial charge in [-0.25, -0.2) is 0 Å². The number of rotatable bonds is 0. The summed E-state index contributed by atoms with van der Waals surface area (Å²) in [6.45, 7) is 0.467. The average Bonchev–Trinajstić information content (AvgIpc) is 3.07. The van der Waals surface area contributed by atoms with Crippen molar-refractivity contribution in [2.45, 2.75) is 31.3 Å². The maximum atomic E-state index is 12.3. The summed E-state index contributed by atoms with van der Waals surface area (Å²) in [5.74, 6) is 0.773. The van der Waals surface area contributed by atoms with E-state index in [4.69, 9.17) is 4.74 Å². The number of ketones is 2. The largest absolute Gasteiger partial charge is 0.360 e. The van der Waals surface area contributed by atoms with E-state index in [0.29, 0.717) is 18.9 Å².